The van der Waals surface area contributed by atoms with Crippen LogP contribution in [0.4, 0.5) is 4.39 Å². The van der Waals surface area contributed by atoms with E-state index in [0.717, 1.165) is 0 Å². The lowest BCUT2D eigenvalue weighted by Crippen LogP contribution is -2.42. The van der Waals surface area contributed by atoms with Gasteiger partial charge >= 0.3 is 0 Å². The van der Waals surface area contributed by atoms with Crippen molar-refractivity contribution in [2.75, 3.05) is 6.54 Å². The molecule has 5 heteroatoms. The van der Waals surface area contributed by atoms with Gasteiger partial charge in [-0.25, -0.2) is 4.39 Å². The van der Waals surface area contributed by atoms with E-state index in [0.29, 0.717) is 5.56 Å². The van der Waals surface area contributed by atoms with Gasteiger partial charge < -0.3 is 10.6 Å². The van der Waals surface area contributed by atoms with E-state index in [1.54, 1.807) is 45.9 Å². The van der Waals surface area contributed by atoms with Crippen LogP contribution in [0.5, 0.6) is 0 Å². The van der Waals surface area contributed by atoms with Crippen LogP contribution in [0.3, 0.4) is 0 Å². The van der Waals surface area contributed by atoms with E-state index in [4.69, 9.17) is 0 Å². The number of rotatable bonds is 4. The van der Waals surface area contributed by atoms with Crippen molar-refractivity contribution in [1.82, 2.24) is 10.6 Å². The molecule has 1 rings (SSSR count). The van der Waals surface area contributed by atoms with Crippen molar-refractivity contribution in [1.29, 1.82) is 0 Å². The van der Waals surface area contributed by atoms with Crippen LogP contribution in [0.1, 0.15) is 39.3 Å². The molecule has 0 fully saturated rings. The molecule has 0 aliphatic rings. The van der Waals surface area contributed by atoms with Crippen LogP contribution in [0.15, 0.2) is 24.3 Å². The minimum Gasteiger partial charge on any atom is -0.348 e. The Morgan fingerprint density at radius 1 is 1.25 bits per heavy atom. The Hall–Kier alpha value is -1.91. The fourth-order valence-corrected chi connectivity index (χ4v) is 1.62. The predicted molar refractivity (Wildman–Crippen MR) is 75.4 cm³/mol. The molecule has 0 radical (unpaired) electrons. The minimum atomic E-state index is -0.544. The molecule has 20 heavy (non-hydrogen) atoms. The number of nitrogens with one attached hydrogen (secondary N) is 2. The van der Waals surface area contributed by atoms with Gasteiger partial charge in [0.2, 0.25) is 11.8 Å². The molecule has 0 bridgehead atoms. The molecule has 4 nitrogen and oxygen atoms in total. The van der Waals surface area contributed by atoms with Gasteiger partial charge in [0.15, 0.2) is 0 Å². The standard InChI is InChI=1S/C15H21FN2O2/c1-10(11-7-5-6-8-12(11)16)18-13(19)9-17-14(20)15(2,3)4/h5-8,10H,9H2,1-4H3,(H,17,20)(H,18,19)/t10-/m0/s1. The van der Waals surface area contributed by atoms with Crippen LogP contribution in [0.25, 0.3) is 0 Å². The smallest absolute Gasteiger partial charge is 0.239 e. The minimum absolute atomic E-state index is 0.116. The zero-order valence-electron chi connectivity index (χ0n) is 12.3. The van der Waals surface area contributed by atoms with Gasteiger partial charge in [0.05, 0.1) is 12.6 Å². The van der Waals surface area contributed by atoms with E-state index >= 15 is 0 Å². The summed E-state index contributed by atoms with van der Waals surface area (Å²) in [6, 6.07) is 5.82. The number of carbonyl (C=O) groups is 2. The van der Waals surface area contributed by atoms with Gasteiger partial charge in [-0.15, -0.1) is 0 Å². The number of carbonyl (C=O) groups excluding carboxylic acids is 2. The molecule has 1 aromatic carbocycles. The topological polar surface area (TPSA) is 58.2 Å². The highest BCUT2D eigenvalue weighted by Gasteiger charge is 2.21. The maximum Gasteiger partial charge on any atom is 0.239 e. The molecule has 2 N–H and O–H groups in total. The van der Waals surface area contributed by atoms with Crippen LogP contribution in [-0.2, 0) is 9.59 Å². The number of halogens is 1. The first-order valence-corrected chi connectivity index (χ1v) is 6.54. The van der Waals surface area contributed by atoms with Crippen molar-refractivity contribution >= 4 is 11.8 Å². The van der Waals surface area contributed by atoms with Crippen molar-refractivity contribution in [3.05, 3.63) is 35.6 Å². The summed E-state index contributed by atoms with van der Waals surface area (Å²) in [7, 11) is 0. The molecule has 0 aromatic heterocycles. The maximum absolute atomic E-state index is 13.5. The summed E-state index contributed by atoms with van der Waals surface area (Å²) in [6.45, 7) is 6.88. The monoisotopic (exact) mass is 280 g/mol. The van der Waals surface area contributed by atoms with Crippen LogP contribution >= 0.6 is 0 Å². The summed E-state index contributed by atoms with van der Waals surface area (Å²) in [5, 5.41) is 5.20. The highest BCUT2D eigenvalue weighted by molar-refractivity contribution is 5.87. The molecule has 0 saturated carbocycles. The first kappa shape index (κ1) is 16.1. The van der Waals surface area contributed by atoms with Gasteiger partial charge in [0, 0.05) is 11.0 Å². The fraction of sp³-hybridized carbons (Fsp3) is 0.467. The van der Waals surface area contributed by atoms with Crippen LogP contribution < -0.4 is 10.6 Å². The average Bonchev–Trinajstić information content (AvgIpc) is 2.35. The molecule has 1 aromatic rings. The number of amides is 2. The molecule has 0 heterocycles. The van der Waals surface area contributed by atoms with Crippen LogP contribution in [0.2, 0.25) is 0 Å². The van der Waals surface area contributed by atoms with Gasteiger partial charge in [-0.05, 0) is 13.0 Å². The number of hydrogen-bond donors (Lipinski definition) is 2. The summed E-state index contributed by atoms with van der Waals surface area (Å²) in [6.07, 6.45) is 0. The molecule has 0 saturated heterocycles. The summed E-state index contributed by atoms with van der Waals surface area (Å²) in [5.74, 6) is -0.913. The number of benzene rings is 1. The van der Waals surface area contributed by atoms with E-state index in [1.807, 2.05) is 0 Å². The van der Waals surface area contributed by atoms with Gasteiger partial charge in [-0.3, -0.25) is 9.59 Å². The molecule has 2 amide bonds. The lowest BCUT2D eigenvalue weighted by molar-refractivity contribution is -0.131. The van der Waals surface area contributed by atoms with Gasteiger partial charge in [-0.1, -0.05) is 39.0 Å². The third-order valence-corrected chi connectivity index (χ3v) is 2.84. The van der Waals surface area contributed by atoms with Crippen LogP contribution in [0, 0.1) is 11.2 Å². The average molecular weight is 280 g/mol. The van der Waals surface area contributed by atoms with E-state index < -0.39 is 11.5 Å². The normalized spacial score (nSPS) is 12.7. The third kappa shape index (κ3) is 4.64. The Kier molecular flexibility index (Phi) is 5.25. The Balaban J connectivity index is 2.51. The largest absolute Gasteiger partial charge is 0.348 e. The first-order chi connectivity index (χ1) is 9.21. The third-order valence-electron chi connectivity index (χ3n) is 2.84. The van der Waals surface area contributed by atoms with Crippen molar-refractivity contribution < 1.29 is 14.0 Å². The second kappa shape index (κ2) is 6.50. The van der Waals surface area contributed by atoms with Crippen molar-refractivity contribution in [2.45, 2.75) is 33.7 Å². The quantitative estimate of drug-likeness (QED) is 0.888. The summed E-state index contributed by atoms with van der Waals surface area (Å²) in [5.41, 5.74) is -0.125. The summed E-state index contributed by atoms with van der Waals surface area (Å²) in [4.78, 5) is 23.3. The molecular weight excluding hydrogens is 259 g/mol. The highest BCUT2D eigenvalue weighted by atomic mass is 19.1. The Bertz CT molecular complexity index is 495. The van der Waals surface area contributed by atoms with E-state index in [1.165, 1.54) is 6.07 Å². The SMILES string of the molecule is C[C@H](NC(=O)CNC(=O)C(C)(C)C)c1ccccc1F. The molecule has 0 aliphatic carbocycles. The Morgan fingerprint density at radius 3 is 2.40 bits per heavy atom. The van der Waals surface area contributed by atoms with E-state index in [-0.39, 0.29) is 24.2 Å². The van der Waals surface area contributed by atoms with Gasteiger partial charge in [0.25, 0.3) is 0 Å². The second-order valence-electron chi connectivity index (χ2n) is 5.74. The number of hydrogen-bond acceptors (Lipinski definition) is 2. The fourth-order valence-electron chi connectivity index (χ4n) is 1.62. The van der Waals surface area contributed by atoms with Gasteiger partial charge in [-0.2, -0.15) is 0 Å². The van der Waals surface area contributed by atoms with Crippen LogP contribution in [-0.4, -0.2) is 18.4 Å². The van der Waals surface area contributed by atoms with Crippen molar-refractivity contribution in [3.63, 3.8) is 0 Å². The highest BCUT2D eigenvalue weighted by Crippen LogP contribution is 2.16. The summed E-state index contributed by atoms with van der Waals surface area (Å²) >= 11 is 0. The maximum atomic E-state index is 13.5. The first-order valence-electron chi connectivity index (χ1n) is 6.54. The van der Waals surface area contributed by atoms with E-state index in [2.05, 4.69) is 10.6 Å². The zero-order chi connectivity index (χ0) is 15.3. The Labute approximate surface area is 118 Å². The Morgan fingerprint density at radius 2 is 1.85 bits per heavy atom. The lowest BCUT2D eigenvalue weighted by Gasteiger charge is -2.19. The van der Waals surface area contributed by atoms with Gasteiger partial charge in [0.1, 0.15) is 5.82 Å². The predicted octanol–water partition coefficient (Wildman–Crippen LogP) is 2.17. The molecule has 110 valence electrons. The van der Waals surface area contributed by atoms with Crippen molar-refractivity contribution in [3.8, 4) is 0 Å². The van der Waals surface area contributed by atoms with E-state index in [9.17, 15) is 14.0 Å². The molecular formula is C15H21FN2O2. The molecule has 1 atom stereocenters. The lowest BCUT2D eigenvalue weighted by atomic mass is 9.96. The zero-order valence-corrected chi connectivity index (χ0v) is 12.3. The second-order valence-corrected chi connectivity index (χ2v) is 5.74. The molecule has 0 spiro atoms. The molecule has 0 aliphatic heterocycles. The molecule has 0 unspecified atom stereocenters. The summed E-state index contributed by atoms with van der Waals surface area (Å²) < 4.78 is 13.5. The van der Waals surface area contributed by atoms with Crippen molar-refractivity contribution in [2.24, 2.45) is 5.41 Å².